The number of hydrogen-bond donors (Lipinski definition) is 1. The van der Waals surface area contributed by atoms with Crippen molar-refractivity contribution >= 4 is 0 Å². The van der Waals surface area contributed by atoms with E-state index in [1.54, 1.807) is 0 Å². The third-order valence-electron chi connectivity index (χ3n) is 4.20. The van der Waals surface area contributed by atoms with Crippen molar-refractivity contribution in [3.63, 3.8) is 0 Å². The topological polar surface area (TPSA) is 35.2 Å². The van der Waals surface area contributed by atoms with Gasteiger partial charge in [-0.1, -0.05) is 36.4 Å². The van der Waals surface area contributed by atoms with Gasteiger partial charge in [0, 0.05) is 0 Å². The third-order valence-corrected chi connectivity index (χ3v) is 4.20. The average Bonchev–Trinajstić information content (AvgIpc) is 2.49. The van der Waals surface area contributed by atoms with Crippen LogP contribution < -0.4 is 10.5 Å². The van der Waals surface area contributed by atoms with Crippen molar-refractivity contribution in [3.8, 4) is 5.75 Å². The summed E-state index contributed by atoms with van der Waals surface area (Å²) in [5, 5.41) is 0. The van der Waals surface area contributed by atoms with Crippen molar-refractivity contribution in [1.29, 1.82) is 0 Å². The summed E-state index contributed by atoms with van der Waals surface area (Å²) in [6, 6.07) is 16.8. The van der Waals surface area contributed by atoms with Gasteiger partial charge in [0.15, 0.2) is 0 Å². The van der Waals surface area contributed by atoms with E-state index >= 15 is 0 Å². The molecule has 0 fully saturated rings. The van der Waals surface area contributed by atoms with Gasteiger partial charge in [-0.3, -0.25) is 0 Å². The van der Waals surface area contributed by atoms with E-state index in [1.807, 2.05) is 19.1 Å². The number of rotatable bonds is 3. The summed E-state index contributed by atoms with van der Waals surface area (Å²) in [6.45, 7) is 2.69. The highest BCUT2D eigenvalue weighted by Gasteiger charge is 2.33. The lowest BCUT2D eigenvalue weighted by Crippen LogP contribution is -2.41. The minimum absolute atomic E-state index is 0.362. The monoisotopic (exact) mass is 267 g/mol. The molecule has 0 saturated carbocycles. The highest BCUT2D eigenvalue weighted by atomic mass is 16.5. The Labute approximate surface area is 120 Å². The van der Waals surface area contributed by atoms with Crippen LogP contribution in [0.2, 0.25) is 0 Å². The number of ether oxygens (including phenoxy) is 1. The van der Waals surface area contributed by atoms with Gasteiger partial charge in [-0.2, -0.15) is 0 Å². The maximum absolute atomic E-state index is 6.78. The smallest absolute Gasteiger partial charge is 0.119 e. The minimum atomic E-state index is -0.362. The third kappa shape index (κ3) is 2.20. The quantitative estimate of drug-likeness (QED) is 0.921. The van der Waals surface area contributed by atoms with E-state index in [2.05, 4.69) is 36.4 Å². The molecule has 1 aliphatic carbocycles. The van der Waals surface area contributed by atoms with Crippen molar-refractivity contribution in [2.24, 2.45) is 5.73 Å². The molecule has 0 amide bonds. The van der Waals surface area contributed by atoms with Gasteiger partial charge < -0.3 is 10.5 Å². The molecule has 0 aromatic heterocycles. The van der Waals surface area contributed by atoms with Crippen LogP contribution in [-0.4, -0.2) is 6.61 Å². The molecular weight excluding hydrogens is 246 g/mol. The van der Waals surface area contributed by atoms with Crippen LogP contribution in [0.1, 0.15) is 36.5 Å². The van der Waals surface area contributed by atoms with Crippen LogP contribution in [0.15, 0.2) is 48.5 Å². The molecule has 0 radical (unpaired) electrons. The van der Waals surface area contributed by atoms with Gasteiger partial charge in [0.1, 0.15) is 5.75 Å². The molecule has 2 aromatic rings. The highest BCUT2D eigenvalue weighted by molar-refractivity contribution is 5.45. The molecule has 1 unspecified atom stereocenters. The van der Waals surface area contributed by atoms with Crippen molar-refractivity contribution < 1.29 is 4.74 Å². The maximum Gasteiger partial charge on any atom is 0.119 e. The molecule has 0 bridgehead atoms. The lowest BCUT2D eigenvalue weighted by Gasteiger charge is -2.36. The molecule has 2 aromatic carbocycles. The highest BCUT2D eigenvalue weighted by Crippen LogP contribution is 2.38. The van der Waals surface area contributed by atoms with E-state index in [4.69, 9.17) is 10.5 Å². The predicted octanol–water partition coefficient (Wildman–Crippen LogP) is 3.62. The number of hydrogen-bond acceptors (Lipinski definition) is 2. The number of fused-ring (bicyclic) bond motifs is 1. The van der Waals surface area contributed by atoms with E-state index in [0.29, 0.717) is 6.61 Å². The van der Waals surface area contributed by atoms with Crippen molar-refractivity contribution in [1.82, 2.24) is 0 Å². The largest absolute Gasteiger partial charge is 0.494 e. The zero-order chi connectivity index (χ0) is 14.0. The Hall–Kier alpha value is -1.80. The lowest BCUT2D eigenvalue weighted by molar-refractivity contribution is 0.339. The Morgan fingerprint density at radius 1 is 1.10 bits per heavy atom. The van der Waals surface area contributed by atoms with Crippen LogP contribution in [0.25, 0.3) is 0 Å². The first-order chi connectivity index (χ1) is 9.74. The van der Waals surface area contributed by atoms with Gasteiger partial charge in [0.2, 0.25) is 0 Å². The first kappa shape index (κ1) is 13.2. The summed E-state index contributed by atoms with van der Waals surface area (Å²) in [4.78, 5) is 0. The SMILES string of the molecule is CCOc1ccc(C2(N)CCCc3ccccc32)cc1. The van der Waals surface area contributed by atoms with Gasteiger partial charge in [-0.25, -0.2) is 0 Å². The molecule has 2 nitrogen and oxygen atoms in total. The number of aryl methyl sites for hydroxylation is 1. The second kappa shape index (κ2) is 5.29. The average molecular weight is 267 g/mol. The number of nitrogens with two attached hydrogens (primary N) is 1. The minimum Gasteiger partial charge on any atom is -0.494 e. The molecule has 0 aliphatic heterocycles. The summed E-state index contributed by atoms with van der Waals surface area (Å²) in [5.74, 6) is 0.906. The van der Waals surface area contributed by atoms with Gasteiger partial charge >= 0.3 is 0 Å². The molecule has 2 heteroatoms. The fourth-order valence-corrected chi connectivity index (χ4v) is 3.18. The fraction of sp³-hybridized carbons (Fsp3) is 0.333. The molecule has 1 aliphatic rings. The Bertz CT molecular complexity index is 591. The maximum atomic E-state index is 6.78. The second-order valence-electron chi connectivity index (χ2n) is 5.44. The molecule has 0 heterocycles. The van der Waals surface area contributed by atoms with Crippen LogP contribution in [0, 0.1) is 0 Å². The van der Waals surface area contributed by atoms with Crippen molar-refractivity contribution in [3.05, 3.63) is 65.2 Å². The Kier molecular flexibility index (Phi) is 3.49. The zero-order valence-electron chi connectivity index (χ0n) is 11.9. The molecule has 104 valence electrons. The lowest BCUT2D eigenvalue weighted by atomic mass is 9.73. The van der Waals surface area contributed by atoms with E-state index in [0.717, 1.165) is 25.0 Å². The van der Waals surface area contributed by atoms with Crippen LogP contribution >= 0.6 is 0 Å². The Morgan fingerprint density at radius 3 is 2.60 bits per heavy atom. The Balaban J connectivity index is 2.00. The molecule has 0 spiro atoms. The van der Waals surface area contributed by atoms with E-state index in [9.17, 15) is 0 Å². The normalized spacial score (nSPS) is 21.3. The molecule has 2 N–H and O–H groups in total. The Morgan fingerprint density at radius 2 is 1.85 bits per heavy atom. The van der Waals surface area contributed by atoms with E-state index in [-0.39, 0.29) is 5.54 Å². The molecule has 3 rings (SSSR count). The summed E-state index contributed by atoms with van der Waals surface area (Å²) in [7, 11) is 0. The molecule has 20 heavy (non-hydrogen) atoms. The van der Waals surface area contributed by atoms with Gasteiger partial charge in [0.25, 0.3) is 0 Å². The van der Waals surface area contributed by atoms with Crippen molar-refractivity contribution in [2.45, 2.75) is 31.7 Å². The molecule has 0 saturated heterocycles. The first-order valence-electron chi connectivity index (χ1n) is 7.34. The van der Waals surface area contributed by atoms with Gasteiger partial charge in [-0.05, 0) is 55.0 Å². The summed E-state index contributed by atoms with van der Waals surface area (Å²) in [6.07, 6.45) is 3.27. The zero-order valence-corrected chi connectivity index (χ0v) is 11.9. The van der Waals surface area contributed by atoms with Gasteiger partial charge in [0.05, 0.1) is 12.1 Å². The summed E-state index contributed by atoms with van der Waals surface area (Å²) >= 11 is 0. The van der Waals surface area contributed by atoms with Crippen LogP contribution in [0.5, 0.6) is 5.75 Å². The standard InChI is InChI=1S/C18H21NO/c1-2-20-16-11-9-15(10-12-16)18(19)13-5-7-14-6-3-4-8-17(14)18/h3-4,6,8-12H,2,5,7,13,19H2,1H3. The predicted molar refractivity (Wildman–Crippen MR) is 82.0 cm³/mol. The second-order valence-corrected chi connectivity index (χ2v) is 5.44. The van der Waals surface area contributed by atoms with Crippen molar-refractivity contribution in [2.75, 3.05) is 6.61 Å². The summed E-state index contributed by atoms with van der Waals surface area (Å²) < 4.78 is 5.51. The van der Waals surface area contributed by atoms with Crippen LogP contribution in [0.4, 0.5) is 0 Å². The van der Waals surface area contributed by atoms with Crippen LogP contribution in [-0.2, 0) is 12.0 Å². The van der Waals surface area contributed by atoms with Gasteiger partial charge in [-0.15, -0.1) is 0 Å². The van der Waals surface area contributed by atoms with E-state index < -0.39 is 0 Å². The summed E-state index contributed by atoms with van der Waals surface area (Å²) in [5.41, 5.74) is 10.2. The molecular formula is C18H21NO. The molecule has 1 atom stereocenters. The number of benzene rings is 2. The first-order valence-corrected chi connectivity index (χ1v) is 7.34. The van der Waals surface area contributed by atoms with E-state index in [1.165, 1.54) is 16.7 Å². The van der Waals surface area contributed by atoms with Crippen LogP contribution in [0.3, 0.4) is 0 Å². The fourth-order valence-electron chi connectivity index (χ4n) is 3.18.